The summed E-state index contributed by atoms with van der Waals surface area (Å²) in [5, 5.41) is 0. The molecule has 1 aromatic heterocycles. The summed E-state index contributed by atoms with van der Waals surface area (Å²) in [5.74, 6) is 0. The van der Waals surface area contributed by atoms with E-state index in [2.05, 4.69) is 42.1 Å². The molecule has 1 nitrogen and oxygen atoms in total. The third-order valence-corrected chi connectivity index (χ3v) is 4.55. The Kier molecular flexibility index (Phi) is 18.6. The first-order chi connectivity index (χ1) is 10.9. The predicted octanol–water partition coefficient (Wildman–Crippen LogP) is 5.81. The van der Waals surface area contributed by atoms with Gasteiger partial charge in [-0.25, -0.2) is 4.57 Å². The van der Waals surface area contributed by atoms with Crippen molar-refractivity contribution < 1.29 is 4.57 Å². The topological polar surface area (TPSA) is 3.88 Å². The number of hydrogen-bond acceptors (Lipinski definition) is 0. The first-order valence-electron chi connectivity index (χ1n) is 9.87. The second-order valence-electron chi connectivity index (χ2n) is 6.71. The molecule has 0 unspecified atom stereocenters. The van der Waals surface area contributed by atoms with Gasteiger partial charge in [0.25, 0.3) is 0 Å². The first-order valence-corrected chi connectivity index (χ1v) is 9.87. The standard InChI is InChI=1S/C21H38N.Na.H/c1-2-3-4-5-6-7-8-9-10-11-12-13-14-16-19-22-20-17-15-18-21-22;;/h15,17-18,20-21H,2-14,16,19H2,1H3;;/q+1;;. The molecule has 1 rings (SSSR count). The molecule has 1 heterocycles. The van der Waals surface area contributed by atoms with Crippen LogP contribution in [-0.4, -0.2) is 29.6 Å². The third-order valence-electron chi connectivity index (χ3n) is 4.55. The fraction of sp³-hybridized carbons (Fsp3) is 0.762. The minimum absolute atomic E-state index is 0. The van der Waals surface area contributed by atoms with Gasteiger partial charge in [-0.1, -0.05) is 90.0 Å². The van der Waals surface area contributed by atoms with E-state index in [9.17, 15) is 0 Å². The predicted molar refractivity (Wildman–Crippen MR) is 104 cm³/mol. The van der Waals surface area contributed by atoms with Crippen molar-refractivity contribution in [1.82, 2.24) is 0 Å². The van der Waals surface area contributed by atoms with Gasteiger partial charge in [0.05, 0.1) is 0 Å². The second kappa shape index (κ2) is 18.5. The Labute approximate surface area is 167 Å². The number of hydrogen-bond donors (Lipinski definition) is 0. The van der Waals surface area contributed by atoms with Crippen molar-refractivity contribution in [2.75, 3.05) is 0 Å². The number of nitrogens with zero attached hydrogens (tertiary/aromatic N) is 1. The molecule has 2 heteroatoms. The summed E-state index contributed by atoms with van der Waals surface area (Å²) in [5.41, 5.74) is 0. The van der Waals surface area contributed by atoms with E-state index in [-0.39, 0.29) is 29.6 Å². The molecular weight excluding hydrogens is 289 g/mol. The summed E-state index contributed by atoms with van der Waals surface area (Å²) in [6, 6.07) is 6.31. The molecule has 0 saturated heterocycles. The van der Waals surface area contributed by atoms with Gasteiger partial charge in [-0.2, -0.15) is 0 Å². The van der Waals surface area contributed by atoms with Crippen molar-refractivity contribution >= 4 is 29.6 Å². The Morgan fingerprint density at radius 1 is 0.522 bits per heavy atom. The van der Waals surface area contributed by atoms with Crippen molar-refractivity contribution in [3.63, 3.8) is 0 Å². The molecular formula is C21H39NNa+. The van der Waals surface area contributed by atoms with Gasteiger partial charge in [-0.15, -0.1) is 0 Å². The van der Waals surface area contributed by atoms with Crippen molar-refractivity contribution in [3.8, 4) is 0 Å². The van der Waals surface area contributed by atoms with E-state index < -0.39 is 0 Å². The first kappa shape index (κ1) is 23.1. The van der Waals surface area contributed by atoms with Crippen molar-refractivity contribution in [1.29, 1.82) is 0 Å². The Balaban J connectivity index is 0.00000484. The van der Waals surface area contributed by atoms with E-state index in [1.165, 1.54) is 96.4 Å². The van der Waals surface area contributed by atoms with Crippen LogP contribution in [0, 0.1) is 0 Å². The molecule has 0 amide bonds. The van der Waals surface area contributed by atoms with E-state index >= 15 is 0 Å². The van der Waals surface area contributed by atoms with Crippen LogP contribution in [0.1, 0.15) is 96.8 Å². The van der Waals surface area contributed by atoms with Gasteiger partial charge in [0, 0.05) is 18.6 Å². The molecule has 23 heavy (non-hydrogen) atoms. The summed E-state index contributed by atoms with van der Waals surface area (Å²) in [4.78, 5) is 0. The zero-order chi connectivity index (χ0) is 15.7. The molecule has 1 aromatic rings. The Morgan fingerprint density at radius 3 is 1.35 bits per heavy atom. The molecule has 0 bridgehead atoms. The van der Waals surface area contributed by atoms with Gasteiger partial charge < -0.3 is 0 Å². The van der Waals surface area contributed by atoms with Gasteiger partial charge in [0.1, 0.15) is 6.54 Å². The van der Waals surface area contributed by atoms with Gasteiger partial charge in [-0.05, 0) is 6.42 Å². The molecule has 0 radical (unpaired) electrons. The fourth-order valence-electron chi connectivity index (χ4n) is 3.07. The van der Waals surface area contributed by atoms with Gasteiger partial charge in [0.15, 0.2) is 12.4 Å². The van der Waals surface area contributed by atoms with Crippen LogP contribution >= 0.6 is 0 Å². The fourth-order valence-corrected chi connectivity index (χ4v) is 3.07. The Bertz CT molecular complexity index is 326. The Hall–Kier alpha value is 0.150. The molecule has 0 saturated carbocycles. The molecule has 0 aliphatic heterocycles. The average Bonchev–Trinajstić information content (AvgIpc) is 2.56. The van der Waals surface area contributed by atoms with Crippen LogP contribution in [0.25, 0.3) is 0 Å². The van der Waals surface area contributed by atoms with Crippen LogP contribution in [0.4, 0.5) is 0 Å². The van der Waals surface area contributed by atoms with E-state index in [0.717, 1.165) is 0 Å². The molecule has 0 aliphatic rings. The molecule has 0 aliphatic carbocycles. The van der Waals surface area contributed by atoms with E-state index in [4.69, 9.17) is 0 Å². The van der Waals surface area contributed by atoms with Crippen LogP contribution < -0.4 is 4.57 Å². The molecule has 0 fully saturated rings. The van der Waals surface area contributed by atoms with Crippen LogP contribution in [0.5, 0.6) is 0 Å². The second-order valence-corrected chi connectivity index (χ2v) is 6.71. The summed E-state index contributed by atoms with van der Waals surface area (Å²) >= 11 is 0. The third kappa shape index (κ3) is 15.4. The molecule has 128 valence electrons. The van der Waals surface area contributed by atoms with E-state index in [0.29, 0.717) is 0 Å². The van der Waals surface area contributed by atoms with Crippen molar-refractivity contribution in [2.45, 2.75) is 103 Å². The monoisotopic (exact) mass is 328 g/mol. The quantitative estimate of drug-likeness (QED) is 0.217. The van der Waals surface area contributed by atoms with Gasteiger partial charge >= 0.3 is 29.6 Å². The van der Waals surface area contributed by atoms with E-state index in [1.807, 2.05) is 0 Å². The molecule has 0 spiro atoms. The Morgan fingerprint density at radius 2 is 0.913 bits per heavy atom. The summed E-state index contributed by atoms with van der Waals surface area (Å²) in [6.45, 7) is 3.47. The summed E-state index contributed by atoms with van der Waals surface area (Å²) in [7, 11) is 0. The average molecular weight is 329 g/mol. The van der Waals surface area contributed by atoms with Crippen LogP contribution in [0.2, 0.25) is 0 Å². The number of aryl methyl sites for hydroxylation is 1. The maximum atomic E-state index is 2.29. The normalized spacial score (nSPS) is 10.5. The molecule has 0 atom stereocenters. The van der Waals surface area contributed by atoms with E-state index in [1.54, 1.807) is 0 Å². The van der Waals surface area contributed by atoms with Crippen LogP contribution in [-0.2, 0) is 6.54 Å². The van der Waals surface area contributed by atoms with Crippen molar-refractivity contribution in [3.05, 3.63) is 30.6 Å². The number of pyridine rings is 1. The van der Waals surface area contributed by atoms with Gasteiger partial charge in [0.2, 0.25) is 0 Å². The van der Waals surface area contributed by atoms with Gasteiger partial charge in [-0.3, -0.25) is 0 Å². The SMILES string of the molecule is CCCCCCCCCCCCCCCC[n+]1ccccc1.[NaH]. The molecule has 0 N–H and O–H groups in total. The molecule has 0 aromatic carbocycles. The number of rotatable bonds is 15. The number of unbranched alkanes of at least 4 members (excludes halogenated alkanes) is 13. The van der Waals surface area contributed by atoms with Crippen LogP contribution in [0.3, 0.4) is 0 Å². The zero-order valence-corrected chi connectivity index (χ0v) is 14.9. The summed E-state index contributed by atoms with van der Waals surface area (Å²) < 4.78 is 2.29. The zero-order valence-electron chi connectivity index (χ0n) is 14.9. The van der Waals surface area contributed by atoms with Crippen molar-refractivity contribution in [2.24, 2.45) is 0 Å². The van der Waals surface area contributed by atoms with Crippen LogP contribution in [0.15, 0.2) is 30.6 Å². The maximum absolute atomic E-state index is 2.29. The summed E-state index contributed by atoms with van der Waals surface area (Å²) in [6.07, 6.45) is 24.4. The number of aromatic nitrogens is 1. The minimum atomic E-state index is 0.